The summed E-state index contributed by atoms with van der Waals surface area (Å²) in [4.78, 5) is 25.4. The largest absolute Gasteiger partial charge is 0.288 e. The van der Waals surface area contributed by atoms with Crippen molar-refractivity contribution < 1.29 is 18.0 Å². The van der Waals surface area contributed by atoms with Crippen LogP contribution in [0.4, 0.5) is 5.13 Å². The van der Waals surface area contributed by atoms with Gasteiger partial charge in [-0.3, -0.25) is 14.5 Å². The van der Waals surface area contributed by atoms with Gasteiger partial charge in [-0.25, -0.2) is 13.4 Å². The van der Waals surface area contributed by atoms with E-state index in [1.165, 1.54) is 42.5 Å². The maximum Gasteiger partial charge on any atom is 0.264 e. The topological polar surface area (TPSA) is 79.8 Å². The molecule has 0 spiro atoms. The summed E-state index contributed by atoms with van der Waals surface area (Å²) in [6, 6.07) is 5.93. The zero-order chi connectivity index (χ0) is 20.3. The number of hydrogen-bond acceptors (Lipinski definition) is 6. The van der Waals surface area contributed by atoms with Crippen LogP contribution in [-0.2, 0) is 27.7 Å². The van der Waals surface area contributed by atoms with Crippen molar-refractivity contribution in [2.45, 2.75) is 30.6 Å². The number of aromatic nitrogens is 1. The highest BCUT2D eigenvalue weighted by atomic mass is 32.2. The molecule has 1 amide bonds. The van der Waals surface area contributed by atoms with Crippen molar-refractivity contribution in [3.05, 3.63) is 53.1 Å². The minimum absolute atomic E-state index is 0.0142. The molecule has 0 N–H and O–H groups in total. The normalized spacial score (nSPS) is 14.0. The van der Waals surface area contributed by atoms with Crippen molar-refractivity contribution in [2.75, 3.05) is 25.6 Å². The first-order valence-corrected chi connectivity index (χ1v) is 11.2. The fourth-order valence-electron chi connectivity index (χ4n) is 3.02. The standard InChI is InChI=1S/C19H23N3O4S2/c1-4-12-22(19-20-16-10-5-6-11-17(16)27-19)18(23)14-8-7-9-15(13-14)28(24,25)21(2)26-3/h4,7-9,13H,1,5-6,10-12H2,2-3H3. The lowest BCUT2D eigenvalue weighted by Gasteiger charge is -2.19. The number of aryl methyl sites for hydroxylation is 2. The molecule has 1 aromatic heterocycles. The molecular formula is C19H23N3O4S2. The molecule has 3 rings (SSSR count). The Hall–Kier alpha value is -2.07. The van der Waals surface area contributed by atoms with Crippen LogP contribution in [0.1, 0.15) is 33.8 Å². The number of amides is 1. The lowest BCUT2D eigenvalue weighted by Crippen LogP contribution is -2.31. The molecule has 7 nitrogen and oxygen atoms in total. The summed E-state index contributed by atoms with van der Waals surface area (Å²) in [5.41, 5.74) is 1.33. The number of thiazole rings is 1. The molecule has 0 saturated carbocycles. The predicted molar refractivity (Wildman–Crippen MR) is 109 cm³/mol. The molecule has 0 unspecified atom stereocenters. The fraction of sp³-hybridized carbons (Fsp3) is 0.368. The molecule has 0 bridgehead atoms. The lowest BCUT2D eigenvalue weighted by molar-refractivity contribution is -0.0258. The number of nitrogens with zero attached hydrogens (tertiary/aromatic N) is 3. The van der Waals surface area contributed by atoms with Crippen LogP contribution in [0.25, 0.3) is 0 Å². The maximum absolute atomic E-state index is 13.2. The van der Waals surface area contributed by atoms with Gasteiger partial charge in [-0.05, 0) is 43.9 Å². The van der Waals surface area contributed by atoms with E-state index >= 15 is 0 Å². The molecule has 1 aliphatic carbocycles. The minimum atomic E-state index is -3.84. The third kappa shape index (κ3) is 4.02. The molecule has 0 radical (unpaired) electrons. The molecule has 2 aromatic rings. The third-order valence-corrected chi connectivity index (χ3v) is 7.45. The quantitative estimate of drug-likeness (QED) is 0.507. The second kappa shape index (κ2) is 8.52. The molecule has 28 heavy (non-hydrogen) atoms. The molecule has 0 atom stereocenters. The van der Waals surface area contributed by atoms with Crippen molar-refractivity contribution in [1.29, 1.82) is 0 Å². The number of sulfonamides is 1. The highest BCUT2D eigenvalue weighted by Crippen LogP contribution is 2.32. The van der Waals surface area contributed by atoms with E-state index in [0.717, 1.165) is 35.8 Å². The van der Waals surface area contributed by atoms with Gasteiger partial charge in [0, 0.05) is 24.0 Å². The predicted octanol–water partition coefficient (Wildman–Crippen LogP) is 3.04. The van der Waals surface area contributed by atoms with Gasteiger partial charge in [-0.2, -0.15) is 0 Å². The smallest absolute Gasteiger partial charge is 0.264 e. The number of hydrogen-bond donors (Lipinski definition) is 0. The second-order valence-corrected chi connectivity index (χ2v) is 9.40. The summed E-state index contributed by atoms with van der Waals surface area (Å²) in [7, 11) is -1.28. The van der Waals surface area contributed by atoms with Crippen LogP contribution >= 0.6 is 11.3 Å². The SMILES string of the molecule is C=CCN(C(=O)c1cccc(S(=O)(=O)N(C)OC)c1)c1nc2c(s1)CCCC2. The van der Waals surface area contributed by atoms with Crippen LogP contribution in [0.15, 0.2) is 41.8 Å². The van der Waals surface area contributed by atoms with Crippen molar-refractivity contribution in [1.82, 2.24) is 9.45 Å². The Morgan fingerprint density at radius 2 is 2.11 bits per heavy atom. The van der Waals surface area contributed by atoms with Crippen molar-refractivity contribution in [2.24, 2.45) is 0 Å². The van der Waals surface area contributed by atoms with Gasteiger partial charge in [0.1, 0.15) is 0 Å². The summed E-state index contributed by atoms with van der Waals surface area (Å²) in [6.07, 6.45) is 5.80. The van der Waals surface area contributed by atoms with Crippen molar-refractivity contribution in [3.63, 3.8) is 0 Å². The third-order valence-electron chi connectivity index (χ3n) is 4.60. The number of carbonyl (C=O) groups excluding carboxylic acids is 1. The number of carbonyl (C=O) groups is 1. The van der Waals surface area contributed by atoms with E-state index in [2.05, 4.69) is 11.6 Å². The van der Waals surface area contributed by atoms with E-state index in [0.29, 0.717) is 11.7 Å². The first-order chi connectivity index (χ1) is 13.4. The van der Waals surface area contributed by atoms with Crippen LogP contribution in [0, 0.1) is 0 Å². The first kappa shape index (κ1) is 20.7. The summed E-state index contributed by atoms with van der Waals surface area (Å²) in [5, 5.41) is 0.624. The zero-order valence-electron chi connectivity index (χ0n) is 15.9. The van der Waals surface area contributed by atoms with Gasteiger partial charge in [0.2, 0.25) is 0 Å². The lowest BCUT2D eigenvalue weighted by atomic mass is 10.0. The fourth-order valence-corrected chi connectivity index (χ4v) is 5.20. The number of benzene rings is 1. The number of anilines is 1. The van der Waals surface area contributed by atoms with E-state index in [1.54, 1.807) is 23.1 Å². The summed E-state index contributed by atoms with van der Waals surface area (Å²) in [6.45, 7) is 4.03. The van der Waals surface area contributed by atoms with Crippen LogP contribution in [0.5, 0.6) is 0 Å². The molecule has 1 aliphatic rings. The first-order valence-electron chi connectivity index (χ1n) is 8.93. The van der Waals surface area contributed by atoms with E-state index in [9.17, 15) is 13.2 Å². The highest BCUT2D eigenvalue weighted by Gasteiger charge is 2.26. The summed E-state index contributed by atoms with van der Waals surface area (Å²) >= 11 is 1.52. The molecule has 0 fully saturated rings. The monoisotopic (exact) mass is 421 g/mol. The molecule has 9 heteroatoms. The maximum atomic E-state index is 13.2. The van der Waals surface area contributed by atoms with E-state index < -0.39 is 10.0 Å². The van der Waals surface area contributed by atoms with Crippen LogP contribution in [-0.4, -0.2) is 44.5 Å². The molecule has 1 heterocycles. The Bertz CT molecular complexity index is 961. The van der Waals surface area contributed by atoms with Gasteiger partial charge in [0.15, 0.2) is 5.13 Å². The number of fused-ring (bicyclic) bond motifs is 1. The van der Waals surface area contributed by atoms with Crippen molar-refractivity contribution >= 4 is 32.4 Å². The van der Waals surface area contributed by atoms with Gasteiger partial charge < -0.3 is 0 Å². The number of hydroxylamine groups is 1. The molecular weight excluding hydrogens is 398 g/mol. The van der Waals surface area contributed by atoms with Gasteiger partial charge >= 0.3 is 0 Å². The molecule has 0 aliphatic heterocycles. The zero-order valence-corrected chi connectivity index (χ0v) is 17.6. The van der Waals surface area contributed by atoms with Gasteiger partial charge in [0.05, 0.1) is 17.7 Å². The van der Waals surface area contributed by atoms with E-state index in [4.69, 9.17) is 4.84 Å². The van der Waals surface area contributed by atoms with E-state index in [1.807, 2.05) is 0 Å². The van der Waals surface area contributed by atoms with Crippen LogP contribution in [0.3, 0.4) is 0 Å². The summed E-state index contributed by atoms with van der Waals surface area (Å²) in [5.74, 6) is -0.317. The molecule has 1 aromatic carbocycles. The van der Waals surface area contributed by atoms with Crippen LogP contribution in [0.2, 0.25) is 0 Å². The Labute approximate surface area is 169 Å². The Morgan fingerprint density at radius 3 is 2.79 bits per heavy atom. The van der Waals surface area contributed by atoms with Gasteiger partial charge in [0.25, 0.3) is 15.9 Å². The second-order valence-electron chi connectivity index (χ2n) is 6.40. The van der Waals surface area contributed by atoms with Gasteiger partial charge in [-0.15, -0.1) is 17.9 Å². The summed E-state index contributed by atoms with van der Waals surface area (Å²) < 4.78 is 25.7. The Balaban J connectivity index is 1.95. The van der Waals surface area contributed by atoms with Crippen molar-refractivity contribution in [3.8, 4) is 0 Å². The van der Waals surface area contributed by atoms with Crippen LogP contribution < -0.4 is 4.90 Å². The van der Waals surface area contributed by atoms with Gasteiger partial charge in [-0.1, -0.05) is 16.6 Å². The van der Waals surface area contributed by atoms with E-state index in [-0.39, 0.29) is 16.4 Å². The highest BCUT2D eigenvalue weighted by molar-refractivity contribution is 7.89. The Morgan fingerprint density at radius 1 is 1.36 bits per heavy atom. The molecule has 150 valence electrons. The average molecular weight is 422 g/mol. The average Bonchev–Trinajstić information content (AvgIpc) is 3.14. The minimum Gasteiger partial charge on any atom is -0.288 e. The molecule has 0 saturated heterocycles. The number of rotatable bonds is 7. The Kier molecular flexibility index (Phi) is 6.29.